The van der Waals surface area contributed by atoms with Crippen LogP contribution in [0.3, 0.4) is 0 Å². The lowest BCUT2D eigenvalue weighted by Gasteiger charge is -2.32. The number of aliphatic hydroxyl groups excluding tert-OH is 2. The second kappa shape index (κ2) is 16.1. The van der Waals surface area contributed by atoms with Gasteiger partial charge in [-0.3, -0.25) is 15.5 Å². The molecule has 0 bridgehead atoms. The van der Waals surface area contributed by atoms with Crippen LogP contribution < -0.4 is 20.3 Å². The molecule has 4 rings (SSSR count). The van der Waals surface area contributed by atoms with Crippen LogP contribution in [-0.4, -0.2) is 93.5 Å². The molecule has 4 N–H and O–H groups in total. The van der Waals surface area contributed by atoms with Gasteiger partial charge in [-0.1, -0.05) is 50.2 Å². The fraction of sp³-hybridized carbons (Fsp3) is 0.394. The molecule has 1 fully saturated rings. The largest absolute Gasteiger partial charge is 0.497 e. The molecule has 13 nitrogen and oxygen atoms in total. The Balaban J connectivity index is 1.53. The highest BCUT2D eigenvalue weighted by Gasteiger charge is 2.39. The molecule has 1 aliphatic rings. The molecular formula is C33H42N4O9S. The zero-order chi connectivity index (χ0) is 34.1. The van der Waals surface area contributed by atoms with Crippen molar-refractivity contribution < 1.29 is 42.4 Å². The van der Waals surface area contributed by atoms with Crippen molar-refractivity contribution in [2.45, 2.75) is 49.6 Å². The Morgan fingerprint density at radius 2 is 1.72 bits per heavy atom. The summed E-state index contributed by atoms with van der Waals surface area (Å²) in [5.74, 6) is 0.462. The molecule has 1 saturated heterocycles. The Labute approximate surface area is 275 Å². The van der Waals surface area contributed by atoms with E-state index in [1.54, 1.807) is 36.4 Å². The van der Waals surface area contributed by atoms with E-state index in [4.69, 9.17) is 9.47 Å². The van der Waals surface area contributed by atoms with Gasteiger partial charge >= 0.3 is 12.2 Å². The molecule has 47 heavy (non-hydrogen) atoms. The fourth-order valence-electron chi connectivity index (χ4n) is 5.19. The molecule has 0 radical (unpaired) electrons. The zero-order valence-corrected chi connectivity index (χ0v) is 27.6. The third-order valence-corrected chi connectivity index (χ3v) is 9.43. The molecule has 254 valence electrons. The molecule has 4 atom stereocenters. The first-order chi connectivity index (χ1) is 22.4. The molecule has 2 amide bonds. The molecule has 0 aliphatic carbocycles. The van der Waals surface area contributed by atoms with Crippen molar-refractivity contribution in [2.75, 3.05) is 44.1 Å². The van der Waals surface area contributed by atoms with Crippen LogP contribution in [-0.2, 0) is 25.9 Å². The second-order valence-corrected chi connectivity index (χ2v) is 13.5. The summed E-state index contributed by atoms with van der Waals surface area (Å²) in [5, 5.41) is 28.4. The summed E-state index contributed by atoms with van der Waals surface area (Å²) in [6, 6.07) is 20.9. The molecule has 1 unspecified atom stereocenters. The fourth-order valence-corrected chi connectivity index (χ4v) is 6.81. The number of carbonyl (C=O) groups excluding carboxylic acids is 2. The number of hydrogen-bond acceptors (Lipinski definition) is 10. The van der Waals surface area contributed by atoms with E-state index in [2.05, 4.69) is 15.4 Å². The number of rotatable bonds is 15. The number of anilines is 2. The normalized spacial score (nSPS) is 16.9. The van der Waals surface area contributed by atoms with Gasteiger partial charge in [-0.05, 0) is 60.4 Å². The molecule has 0 spiro atoms. The van der Waals surface area contributed by atoms with Gasteiger partial charge < -0.3 is 24.4 Å². The minimum Gasteiger partial charge on any atom is -0.497 e. The first kappa shape index (κ1) is 35.6. The molecule has 3 aromatic carbocycles. The predicted molar refractivity (Wildman–Crippen MR) is 176 cm³/mol. The van der Waals surface area contributed by atoms with E-state index >= 15 is 0 Å². The van der Waals surface area contributed by atoms with Crippen molar-refractivity contribution in [1.29, 1.82) is 0 Å². The Morgan fingerprint density at radius 1 is 1.02 bits per heavy atom. The van der Waals surface area contributed by atoms with E-state index in [-0.39, 0.29) is 36.9 Å². The molecule has 1 heterocycles. The van der Waals surface area contributed by atoms with Gasteiger partial charge in [0.1, 0.15) is 12.0 Å². The highest BCUT2D eigenvalue weighted by molar-refractivity contribution is 7.89. The maximum Gasteiger partial charge on any atom is 0.414 e. The van der Waals surface area contributed by atoms with Gasteiger partial charge in [0.25, 0.3) is 0 Å². The SMILES string of the molecule is COC(=O)Nc1cccc(N2C[C@@H](C(O)N[C@@H](Cc3ccccc3)[C@H](O)CN(CC(C)C)S(=O)(=O)c3ccc(OC)cc3)OC2=O)c1. The number of methoxy groups -OCH3 is 2. The van der Waals surface area contributed by atoms with Crippen LogP contribution in [0, 0.1) is 5.92 Å². The smallest absolute Gasteiger partial charge is 0.414 e. The van der Waals surface area contributed by atoms with Gasteiger partial charge in [-0.25, -0.2) is 18.0 Å². The average molecular weight is 671 g/mol. The number of sulfonamides is 1. The van der Waals surface area contributed by atoms with Crippen molar-refractivity contribution in [2.24, 2.45) is 5.92 Å². The lowest BCUT2D eigenvalue weighted by molar-refractivity contribution is -0.0119. The number of nitrogens with zero attached hydrogens (tertiary/aromatic N) is 2. The van der Waals surface area contributed by atoms with Crippen LogP contribution in [0.2, 0.25) is 0 Å². The minimum atomic E-state index is -4.01. The number of benzene rings is 3. The number of aliphatic hydroxyl groups is 2. The third-order valence-electron chi connectivity index (χ3n) is 7.58. The van der Waals surface area contributed by atoms with Crippen molar-refractivity contribution in [3.8, 4) is 5.75 Å². The number of nitrogens with one attached hydrogen (secondary N) is 2. The zero-order valence-electron chi connectivity index (χ0n) is 26.8. The Bertz CT molecular complexity index is 1590. The van der Waals surface area contributed by atoms with E-state index in [1.807, 2.05) is 44.2 Å². The van der Waals surface area contributed by atoms with Crippen LogP contribution in [0.1, 0.15) is 19.4 Å². The number of cyclic esters (lactones) is 1. The van der Waals surface area contributed by atoms with Crippen LogP contribution >= 0.6 is 0 Å². The summed E-state index contributed by atoms with van der Waals surface area (Å²) < 4.78 is 44.0. The average Bonchev–Trinajstić information content (AvgIpc) is 3.46. The molecular weight excluding hydrogens is 628 g/mol. The quantitative estimate of drug-likeness (QED) is 0.176. The van der Waals surface area contributed by atoms with Crippen molar-refractivity contribution in [1.82, 2.24) is 9.62 Å². The van der Waals surface area contributed by atoms with E-state index < -0.39 is 46.7 Å². The molecule has 0 saturated carbocycles. The van der Waals surface area contributed by atoms with Crippen LogP contribution in [0.5, 0.6) is 5.75 Å². The van der Waals surface area contributed by atoms with Gasteiger partial charge in [0.05, 0.1) is 31.8 Å². The third kappa shape index (κ3) is 9.42. The summed E-state index contributed by atoms with van der Waals surface area (Å²) >= 11 is 0. The summed E-state index contributed by atoms with van der Waals surface area (Å²) in [6.45, 7) is 3.61. The van der Waals surface area contributed by atoms with Crippen molar-refractivity contribution >= 4 is 33.6 Å². The van der Waals surface area contributed by atoms with Gasteiger partial charge in [0, 0.05) is 30.5 Å². The lowest BCUT2D eigenvalue weighted by Crippen LogP contribution is -2.55. The van der Waals surface area contributed by atoms with Crippen LogP contribution in [0.15, 0.2) is 83.8 Å². The number of carbonyl (C=O) groups is 2. The Morgan fingerprint density at radius 3 is 2.36 bits per heavy atom. The number of ether oxygens (including phenoxy) is 3. The van der Waals surface area contributed by atoms with Crippen molar-refractivity contribution in [3.05, 3.63) is 84.4 Å². The Kier molecular flexibility index (Phi) is 12.2. The molecule has 0 aromatic heterocycles. The number of hydrogen-bond donors (Lipinski definition) is 4. The standard InChI is InChI=1S/C33H42N4O9S/c1-22(2)19-36(47(42,43)27-15-13-26(44-3)14-16-27)20-29(38)28(17-23-9-6-5-7-10-23)35-31(39)30-21-37(33(41)46-30)25-12-8-11-24(18-25)34-32(40)45-4/h5-16,18,22,28-31,35,38-39H,17,19-21H2,1-4H3,(H,34,40)/t28-,29+,30-,31?/m0/s1. The van der Waals surface area contributed by atoms with Gasteiger partial charge in [-0.15, -0.1) is 0 Å². The maximum absolute atomic E-state index is 13.7. The summed E-state index contributed by atoms with van der Waals surface area (Å²) in [7, 11) is -1.28. The minimum absolute atomic E-state index is 0.0336. The molecule has 14 heteroatoms. The first-order valence-corrected chi connectivity index (χ1v) is 16.6. The van der Waals surface area contributed by atoms with Crippen LogP contribution in [0.4, 0.5) is 21.0 Å². The van der Waals surface area contributed by atoms with Gasteiger partial charge in [0.15, 0.2) is 6.10 Å². The summed E-state index contributed by atoms with van der Waals surface area (Å²) in [5.41, 5.74) is 1.66. The lowest BCUT2D eigenvalue weighted by atomic mass is 10.00. The second-order valence-electron chi connectivity index (χ2n) is 11.6. The topological polar surface area (TPSA) is 167 Å². The number of amides is 2. The highest BCUT2D eigenvalue weighted by Crippen LogP contribution is 2.26. The summed E-state index contributed by atoms with van der Waals surface area (Å²) in [6.07, 6.45) is -4.86. The maximum atomic E-state index is 13.7. The first-order valence-electron chi connectivity index (χ1n) is 15.1. The van der Waals surface area contributed by atoms with E-state index in [0.717, 1.165) is 5.56 Å². The highest BCUT2D eigenvalue weighted by atomic mass is 32.2. The van der Waals surface area contributed by atoms with Gasteiger partial charge in [-0.2, -0.15) is 4.31 Å². The molecule has 3 aromatic rings. The Hall–Kier alpha value is -4.21. The monoisotopic (exact) mass is 670 g/mol. The van der Waals surface area contributed by atoms with E-state index in [1.165, 1.54) is 35.6 Å². The van der Waals surface area contributed by atoms with Crippen molar-refractivity contribution in [3.63, 3.8) is 0 Å². The predicted octanol–water partition coefficient (Wildman–Crippen LogP) is 3.43. The van der Waals surface area contributed by atoms with E-state index in [9.17, 15) is 28.2 Å². The summed E-state index contributed by atoms with van der Waals surface area (Å²) in [4.78, 5) is 25.9. The van der Waals surface area contributed by atoms with E-state index in [0.29, 0.717) is 17.1 Å². The molecule has 1 aliphatic heterocycles. The van der Waals surface area contributed by atoms with Crippen LogP contribution in [0.25, 0.3) is 0 Å². The van der Waals surface area contributed by atoms with Gasteiger partial charge in [0.2, 0.25) is 10.0 Å².